The molecule has 2 aromatic carbocycles. The van der Waals surface area contributed by atoms with Gasteiger partial charge in [0.15, 0.2) is 0 Å². The molecule has 0 spiro atoms. The topological polar surface area (TPSA) is 88.4 Å². The molecule has 1 atom stereocenters. The van der Waals surface area contributed by atoms with Gasteiger partial charge in [-0.05, 0) is 59.9 Å². The SMILES string of the molecule is CC(C)CC1C(=O)N(Cc2cn(CC3CCCCC3)nn2)CCS(=O)(=O)N1Cc1ccc(-c2ccc(Cl)cc2)cc1. The molecule has 1 unspecified atom stereocenters. The number of nitrogens with zero attached hydrogens (tertiary/aromatic N) is 5. The van der Waals surface area contributed by atoms with Gasteiger partial charge >= 0.3 is 0 Å². The van der Waals surface area contributed by atoms with Crippen molar-refractivity contribution < 1.29 is 13.2 Å². The summed E-state index contributed by atoms with van der Waals surface area (Å²) >= 11 is 6.03. The van der Waals surface area contributed by atoms with Crippen LogP contribution in [0.5, 0.6) is 0 Å². The first-order valence-corrected chi connectivity index (χ1v) is 16.7. The minimum Gasteiger partial charge on any atom is -0.334 e. The fourth-order valence-corrected chi connectivity index (χ4v) is 7.69. The van der Waals surface area contributed by atoms with E-state index in [0.29, 0.717) is 23.1 Å². The van der Waals surface area contributed by atoms with E-state index in [2.05, 4.69) is 10.3 Å². The van der Waals surface area contributed by atoms with E-state index in [1.54, 1.807) is 4.90 Å². The number of sulfonamides is 1. The van der Waals surface area contributed by atoms with Crippen molar-refractivity contribution in [2.75, 3.05) is 12.3 Å². The van der Waals surface area contributed by atoms with Crippen molar-refractivity contribution in [3.63, 3.8) is 0 Å². The quantitative estimate of drug-likeness (QED) is 0.313. The standard InChI is InChI=1S/C31H40ClN5O3S/c1-23(2)18-30-31(38)35(21-29-22-36(34-33-29)19-24-6-4-3-5-7-24)16-17-41(39,40)37(30)20-25-8-10-26(11-9-25)27-12-14-28(32)15-13-27/h8-15,22-24,30H,3-7,16-21H2,1-2H3. The summed E-state index contributed by atoms with van der Waals surface area (Å²) in [5.41, 5.74) is 3.58. The second-order valence-corrected chi connectivity index (χ2v) is 14.4. The van der Waals surface area contributed by atoms with Crippen molar-refractivity contribution in [3.05, 3.63) is 71.0 Å². The summed E-state index contributed by atoms with van der Waals surface area (Å²) in [6.45, 7) is 5.43. The molecule has 1 saturated carbocycles. The maximum absolute atomic E-state index is 13.9. The Bertz CT molecular complexity index is 1420. The number of rotatable bonds is 9. The fraction of sp³-hybridized carbons (Fsp3) is 0.516. The van der Waals surface area contributed by atoms with Crippen molar-refractivity contribution in [2.24, 2.45) is 11.8 Å². The summed E-state index contributed by atoms with van der Waals surface area (Å²) in [6, 6.07) is 14.7. The molecule has 2 heterocycles. The lowest BCUT2D eigenvalue weighted by Crippen LogP contribution is -2.47. The molecule has 2 fully saturated rings. The van der Waals surface area contributed by atoms with E-state index < -0.39 is 16.1 Å². The van der Waals surface area contributed by atoms with Crippen LogP contribution < -0.4 is 0 Å². The molecule has 41 heavy (non-hydrogen) atoms. The highest BCUT2D eigenvalue weighted by Crippen LogP contribution is 2.28. The molecule has 1 aliphatic carbocycles. The normalized spacial score (nSPS) is 20.4. The third-order valence-corrected chi connectivity index (χ3v) is 10.2. The van der Waals surface area contributed by atoms with Gasteiger partial charge in [-0.15, -0.1) is 5.10 Å². The number of carbonyl (C=O) groups is 1. The van der Waals surface area contributed by atoms with Crippen LogP contribution in [-0.2, 0) is 34.5 Å². The van der Waals surface area contributed by atoms with Crippen LogP contribution in [0, 0.1) is 11.8 Å². The van der Waals surface area contributed by atoms with Gasteiger partial charge in [-0.1, -0.05) is 86.3 Å². The van der Waals surface area contributed by atoms with E-state index in [1.807, 2.05) is 73.3 Å². The second-order valence-electron chi connectivity index (χ2n) is 11.9. The molecular weight excluding hydrogens is 558 g/mol. The number of carbonyl (C=O) groups excluding carboxylic acids is 1. The third kappa shape index (κ3) is 7.56. The molecule has 220 valence electrons. The predicted octanol–water partition coefficient (Wildman–Crippen LogP) is 5.77. The lowest BCUT2D eigenvalue weighted by Gasteiger charge is -2.30. The highest BCUT2D eigenvalue weighted by molar-refractivity contribution is 7.89. The molecule has 10 heteroatoms. The molecule has 0 N–H and O–H groups in total. The number of benzene rings is 2. The van der Waals surface area contributed by atoms with E-state index in [-0.39, 0.29) is 37.2 Å². The van der Waals surface area contributed by atoms with Crippen LogP contribution in [0.1, 0.15) is 63.6 Å². The lowest BCUT2D eigenvalue weighted by atomic mass is 9.89. The molecule has 1 aromatic heterocycles. The molecule has 1 aliphatic heterocycles. The Morgan fingerprint density at radius 3 is 2.27 bits per heavy atom. The molecule has 1 saturated heterocycles. The number of halogens is 1. The first-order valence-electron chi connectivity index (χ1n) is 14.7. The summed E-state index contributed by atoms with van der Waals surface area (Å²) in [6.07, 6.45) is 8.64. The summed E-state index contributed by atoms with van der Waals surface area (Å²) in [4.78, 5) is 15.6. The molecule has 1 amide bonds. The molecule has 8 nitrogen and oxygen atoms in total. The van der Waals surface area contributed by atoms with Crippen molar-refractivity contribution >= 4 is 27.5 Å². The summed E-state index contributed by atoms with van der Waals surface area (Å²) < 4.78 is 30.5. The summed E-state index contributed by atoms with van der Waals surface area (Å²) in [7, 11) is -3.68. The van der Waals surface area contributed by atoms with Gasteiger partial charge in [0.05, 0.1) is 18.5 Å². The molecule has 0 bridgehead atoms. The van der Waals surface area contributed by atoms with E-state index in [0.717, 1.165) is 23.2 Å². The van der Waals surface area contributed by atoms with Gasteiger partial charge in [0, 0.05) is 24.7 Å². The van der Waals surface area contributed by atoms with Gasteiger partial charge in [-0.3, -0.25) is 9.48 Å². The molecule has 3 aromatic rings. The number of hydrogen-bond donors (Lipinski definition) is 0. The third-order valence-electron chi connectivity index (χ3n) is 8.19. The van der Waals surface area contributed by atoms with E-state index in [9.17, 15) is 13.2 Å². The minimum atomic E-state index is -3.68. The Balaban J connectivity index is 1.32. The van der Waals surface area contributed by atoms with Gasteiger partial charge in [0.1, 0.15) is 11.7 Å². The molecular formula is C31H40ClN5O3S. The average molecular weight is 598 g/mol. The fourth-order valence-electron chi connectivity index (χ4n) is 5.97. The molecule has 5 rings (SSSR count). The van der Waals surface area contributed by atoms with Gasteiger partial charge in [0.2, 0.25) is 15.9 Å². The maximum Gasteiger partial charge on any atom is 0.241 e. The molecule has 2 aliphatic rings. The maximum atomic E-state index is 13.9. The van der Waals surface area contributed by atoms with E-state index >= 15 is 0 Å². The zero-order valence-corrected chi connectivity index (χ0v) is 25.5. The zero-order valence-electron chi connectivity index (χ0n) is 24.0. The van der Waals surface area contributed by atoms with Crippen molar-refractivity contribution in [1.29, 1.82) is 0 Å². The largest absolute Gasteiger partial charge is 0.334 e. The predicted molar refractivity (Wildman–Crippen MR) is 161 cm³/mol. The Kier molecular flexibility index (Phi) is 9.46. The Morgan fingerprint density at radius 1 is 0.951 bits per heavy atom. The first-order chi connectivity index (χ1) is 19.7. The monoisotopic (exact) mass is 597 g/mol. The van der Waals surface area contributed by atoms with Gasteiger partial charge in [0.25, 0.3) is 0 Å². The summed E-state index contributed by atoms with van der Waals surface area (Å²) in [5.74, 6) is 0.476. The molecule has 0 radical (unpaired) electrons. The van der Waals surface area contributed by atoms with Crippen LogP contribution in [0.15, 0.2) is 54.7 Å². The van der Waals surface area contributed by atoms with Crippen LogP contribution in [0.4, 0.5) is 0 Å². The lowest BCUT2D eigenvalue weighted by molar-refractivity contribution is -0.136. The highest BCUT2D eigenvalue weighted by Gasteiger charge is 2.41. The van der Waals surface area contributed by atoms with Gasteiger partial charge in [-0.25, -0.2) is 8.42 Å². The van der Waals surface area contributed by atoms with Crippen LogP contribution in [-0.4, -0.2) is 56.9 Å². The second kappa shape index (κ2) is 13.0. The van der Waals surface area contributed by atoms with Crippen LogP contribution in [0.3, 0.4) is 0 Å². The van der Waals surface area contributed by atoms with Crippen molar-refractivity contribution in [2.45, 2.75) is 78.0 Å². The number of aromatic nitrogens is 3. The van der Waals surface area contributed by atoms with Gasteiger partial charge in [-0.2, -0.15) is 4.31 Å². The van der Waals surface area contributed by atoms with Crippen molar-refractivity contribution in [3.8, 4) is 11.1 Å². The van der Waals surface area contributed by atoms with E-state index in [1.165, 1.54) is 36.4 Å². The smallest absolute Gasteiger partial charge is 0.241 e. The number of amides is 1. The van der Waals surface area contributed by atoms with Crippen LogP contribution in [0.2, 0.25) is 5.02 Å². The first kappa shape index (κ1) is 29.7. The zero-order chi connectivity index (χ0) is 29.0. The van der Waals surface area contributed by atoms with Crippen LogP contribution >= 0.6 is 11.6 Å². The Morgan fingerprint density at radius 2 is 1.61 bits per heavy atom. The summed E-state index contributed by atoms with van der Waals surface area (Å²) in [5, 5.41) is 9.33. The Labute approximate surface area is 248 Å². The number of hydrogen-bond acceptors (Lipinski definition) is 5. The highest BCUT2D eigenvalue weighted by atomic mass is 35.5. The van der Waals surface area contributed by atoms with Gasteiger partial charge < -0.3 is 4.90 Å². The minimum absolute atomic E-state index is 0.119. The average Bonchev–Trinajstić information content (AvgIpc) is 3.37. The van der Waals surface area contributed by atoms with Crippen LogP contribution in [0.25, 0.3) is 11.1 Å². The van der Waals surface area contributed by atoms with E-state index in [4.69, 9.17) is 11.6 Å². The Hall–Kier alpha value is -2.75. The van der Waals surface area contributed by atoms with Crippen molar-refractivity contribution in [1.82, 2.24) is 24.2 Å².